The summed E-state index contributed by atoms with van der Waals surface area (Å²) < 4.78 is 38.2. The second-order valence-corrected chi connectivity index (χ2v) is 5.87. The molecule has 0 heterocycles. The van der Waals surface area contributed by atoms with Gasteiger partial charge in [0.25, 0.3) is 0 Å². The summed E-state index contributed by atoms with van der Waals surface area (Å²) in [6.45, 7) is 1.76. The lowest BCUT2D eigenvalue weighted by atomic mass is 9.96. The minimum absolute atomic E-state index is 0.324. The summed E-state index contributed by atoms with van der Waals surface area (Å²) in [5.74, 6) is 0. The van der Waals surface area contributed by atoms with Crippen LogP contribution < -0.4 is 10.6 Å². The summed E-state index contributed by atoms with van der Waals surface area (Å²) >= 11 is 5.21. The first-order chi connectivity index (χ1) is 9.86. The Bertz CT molecular complexity index is 508. The molecule has 2 nitrogen and oxygen atoms in total. The maximum atomic E-state index is 12.7. The fourth-order valence-corrected chi connectivity index (χ4v) is 2.80. The summed E-state index contributed by atoms with van der Waals surface area (Å²) in [4.78, 5) is 0. The average molecular weight is 316 g/mol. The van der Waals surface area contributed by atoms with Crippen molar-refractivity contribution in [3.63, 3.8) is 0 Å². The Morgan fingerprint density at radius 1 is 1.19 bits per heavy atom. The Labute approximate surface area is 128 Å². The van der Waals surface area contributed by atoms with Crippen molar-refractivity contribution in [2.45, 2.75) is 51.2 Å². The van der Waals surface area contributed by atoms with E-state index < -0.39 is 11.7 Å². The van der Waals surface area contributed by atoms with Crippen LogP contribution in [0.3, 0.4) is 0 Å². The maximum Gasteiger partial charge on any atom is 0.416 e. The van der Waals surface area contributed by atoms with Crippen molar-refractivity contribution in [3.05, 3.63) is 29.3 Å². The molecule has 0 spiro atoms. The first-order valence-electron chi connectivity index (χ1n) is 7.11. The summed E-state index contributed by atoms with van der Waals surface area (Å²) in [5, 5.41) is 6.48. The summed E-state index contributed by atoms with van der Waals surface area (Å²) in [5.41, 5.74) is 0.463. The zero-order chi connectivity index (χ0) is 15.5. The molecule has 21 heavy (non-hydrogen) atoms. The molecule has 1 aliphatic rings. The fourth-order valence-electron chi connectivity index (χ4n) is 2.52. The van der Waals surface area contributed by atoms with Gasteiger partial charge in [0.15, 0.2) is 5.11 Å². The number of anilines is 1. The summed E-state index contributed by atoms with van der Waals surface area (Å²) in [6, 6.07) is 3.96. The van der Waals surface area contributed by atoms with Gasteiger partial charge in [-0.25, -0.2) is 0 Å². The van der Waals surface area contributed by atoms with Gasteiger partial charge in [0, 0.05) is 11.7 Å². The molecule has 0 unspecified atom stereocenters. The number of halogens is 3. The van der Waals surface area contributed by atoms with Crippen LogP contribution in [0.15, 0.2) is 18.2 Å². The molecule has 2 N–H and O–H groups in total. The first-order valence-corrected chi connectivity index (χ1v) is 7.52. The van der Waals surface area contributed by atoms with Crippen molar-refractivity contribution in [2.24, 2.45) is 0 Å². The Hall–Kier alpha value is -1.30. The number of aryl methyl sites for hydroxylation is 1. The topological polar surface area (TPSA) is 24.1 Å². The molecule has 0 atom stereocenters. The van der Waals surface area contributed by atoms with Crippen molar-refractivity contribution in [1.82, 2.24) is 5.32 Å². The fraction of sp³-hybridized carbons (Fsp3) is 0.533. The van der Waals surface area contributed by atoms with Crippen LogP contribution in [-0.2, 0) is 6.18 Å². The van der Waals surface area contributed by atoms with E-state index in [1.807, 2.05) is 0 Å². The molecule has 0 amide bonds. The number of hydrogen-bond donors (Lipinski definition) is 2. The van der Waals surface area contributed by atoms with Crippen molar-refractivity contribution < 1.29 is 13.2 Å². The van der Waals surface area contributed by atoms with Crippen molar-refractivity contribution >= 4 is 23.0 Å². The number of nitrogens with one attached hydrogen (secondary N) is 2. The maximum absolute atomic E-state index is 12.7. The third kappa shape index (κ3) is 4.59. The van der Waals surface area contributed by atoms with Gasteiger partial charge in [-0.1, -0.05) is 25.3 Å². The van der Waals surface area contributed by atoms with Gasteiger partial charge < -0.3 is 10.6 Å². The number of thiocarbonyl (C=S) groups is 1. The van der Waals surface area contributed by atoms with Crippen LogP contribution in [0.5, 0.6) is 0 Å². The lowest BCUT2D eigenvalue weighted by molar-refractivity contribution is -0.137. The van der Waals surface area contributed by atoms with E-state index in [-0.39, 0.29) is 0 Å². The molecule has 6 heteroatoms. The molecule has 1 aromatic carbocycles. The molecule has 0 radical (unpaired) electrons. The van der Waals surface area contributed by atoms with Gasteiger partial charge in [-0.3, -0.25) is 0 Å². The Morgan fingerprint density at radius 3 is 2.48 bits per heavy atom. The Morgan fingerprint density at radius 2 is 1.86 bits per heavy atom. The quantitative estimate of drug-likeness (QED) is 0.778. The lowest BCUT2D eigenvalue weighted by Gasteiger charge is -2.24. The zero-order valence-electron chi connectivity index (χ0n) is 11.9. The average Bonchev–Trinajstić information content (AvgIpc) is 2.41. The molecule has 2 rings (SSSR count). The van der Waals surface area contributed by atoms with E-state index in [0.29, 0.717) is 16.8 Å². The molecule has 1 aromatic rings. The number of rotatable bonds is 2. The predicted octanol–water partition coefficient (Wildman–Crippen LogP) is 4.63. The number of benzene rings is 1. The van der Waals surface area contributed by atoms with Gasteiger partial charge in [0.05, 0.1) is 5.56 Å². The lowest BCUT2D eigenvalue weighted by Crippen LogP contribution is -2.39. The minimum atomic E-state index is -4.34. The van der Waals surface area contributed by atoms with Gasteiger partial charge in [-0.15, -0.1) is 0 Å². The van der Waals surface area contributed by atoms with Crippen molar-refractivity contribution in [2.75, 3.05) is 5.32 Å². The third-order valence-electron chi connectivity index (χ3n) is 3.75. The smallest absolute Gasteiger partial charge is 0.360 e. The Balaban J connectivity index is 2.02. The molecular formula is C15H19F3N2S. The van der Waals surface area contributed by atoms with E-state index in [2.05, 4.69) is 10.6 Å². The van der Waals surface area contributed by atoms with Crippen LogP contribution in [0.1, 0.15) is 43.2 Å². The summed E-state index contributed by atoms with van der Waals surface area (Å²) in [7, 11) is 0. The van der Waals surface area contributed by atoms with Gasteiger partial charge >= 0.3 is 6.18 Å². The van der Waals surface area contributed by atoms with Crippen molar-refractivity contribution in [3.8, 4) is 0 Å². The first kappa shape index (κ1) is 16.1. The van der Waals surface area contributed by atoms with Crippen LogP contribution in [-0.4, -0.2) is 11.2 Å². The molecule has 1 aliphatic carbocycles. The third-order valence-corrected chi connectivity index (χ3v) is 3.97. The van der Waals surface area contributed by atoms with E-state index in [9.17, 15) is 13.2 Å². The zero-order valence-corrected chi connectivity index (χ0v) is 12.7. The molecule has 0 aliphatic heterocycles. The van der Waals surface area contributed by atoms with E-state index in [0.717, 1.165) is 30.5 Å². The van der Waals surface area contributed by atoms with E-state index in [4.69, 9.17) is 12.2 Å². The van der Waals surface area contributed by atoms with Crippen LogP contribution >= 0.6 is 12.2 Å². The SMILES string of the molecule is Cc1ccc(C(F)(F)F)cc1NC(=S)NC1CCCCC1. The highest BCUT2D eigenvalue weighted by molar-refractivity contribution is 7.80. The summed E-state index contributed by atoms with van der Waals surface area (Å²) in [6.07, 6.45) is 1.35. The van der Waals surface area contributed by atoms with Crippen LogP contribution in [0.4, 0.5) is 18.9 Å². The van der Waals surface area contributed by atoms with Crippen LogP contribution in [0.25, 0.3) is 0 Å². The number of hydrogen-bond acceptors (Lipinski definition) is 1. The second kappa shape index (κ2) is 6.64. The van der Waals surface area contributed by atoms with Gasteiger partial charge in [-0.2, -0.15) is 13.2 Å². The predicted molar refractivity (Wildman–Crippen MR) is 82.4 cm³/mol. The molecule has 116 valence electrons. The van der Waals surface area contributed by atoms with Crippen LogP contribution in [0, 0.1) is 6.92 Å². The second-order valence-electron chi connectivity index (χ2n) is 5.46. The van der Waals surface area contributed by atoms with Gasteiger partial charge in [0.1, 0.15) is 0 Å². The van der Waals surface area contributed by atoms with E-state index >= 15 is 0 Å². The van der Waals surface area contributed by atoms with E-state index in [1.54, 1.807) is 6.92 Å². The van der Waals surface area contributed by atoms with Gasteiger partial charge in [0.2, 0.25) is 0 Å². The molecular weight excluding hydrogens is 297 g/mol. The largest absolute Gasteiger partial charge is 0.416 e. The standard InChI is InChI=1S/C15H19F3N2S/c1-10-7-8-11(15(16,17)18)9-13(10)20-14(21)19-12-5-3-2-4-6-12/h7-9,12H,2-6H2,1H3,(H2,19,20,21). The highest BCUT2D eigenvalue weighted by Gasteiger charge is 2.30. The molecule has 1 saturated carbocycles. The minimum Gasteiger partial charge on any atom is -0.360 e. The molecule has 1 fully saturated rings. The monoisotopic (exact) mass is 316 g/mol. The highest BCUT2D eigenvalue weighted by Crippen LogP contribution is 2.32. The van der Waals surface area contributed by atoms with Gasteiger partial charge in [-0.05, 0) is 49.7 Å². The highest BCUT2D eigenvalue weighted by atomic mass is 32.1. The molecule has 0 saturated heterocycles. The van der Waals surface area contributed by atoms with Crippen LogP contribution in [0.2, 0.25) is 0 Å². The normalized spacial score (nSPS) is 16.6. The Kier molecular flexibility index (Phi) is 5.08. The molecule has 0 bridgehead atoms. The van der Waals surface area contributed by atoms with E-state index in [1.165, 1.54) is 25.3 Å². The molecule has 0 aromatic heterocycles. The number of alkyl halides is 3. The van der Waals surface area contributed by atoms with Crippen molar-refractivity contribution in [1.29, 1.82) is 0 Å².